The fourth-order valence-corrected chi connectivity index (χ4v) is 4.35. The van der Waals surface area contributed by atoms with Crippen molar-refractivity contribution in [3.8, 4) is 0 Å². The van der Waals surface area contributed by atoms with Crippen molar-refractivity contribution >= 4 is 28.7 Å². The SMILES string of the molecule is CN(Cc1ccccc1)C1=C(c2cccs2)C(=O)N(CCc2ccc(F)cc2)C1=O. The minimum Gasteiger partial charge on any atom is -0.365 e. The van der Waals surface area contributed by atoms with Gasteiger partial charge < -0.3 is 4.90 Å². The van der Waals surface area contributed by atoms with Crippen LogP contribution >= 0.6 is 11.3 Å². The zero-order valence-electron chi connectivity index (χ0n) is 16.5. The van der Waals surface area contributed by atoms with Crippen molar-refractivity contribution in [2.45, 2.75) is 13.0 Å². The van der Waals surface area contributed by atoms with E-state index in [0.29, 0.717) is 24.2 Å². The summed E-state index contributed by atoms with van der Waals surface area (Å²) in [6.45, 7) is 0.775. The molecule has 2 aromatic carbocycles. The van der Waals surface area contributed by atoms with Crippen LogP contribution in [0.2, 0.25) is 0 Å². The maximum absolute atomic E-state index is 13.3. The van der Waals surface area contributed by atoms with Gasteiger partial charge in [0.1, 0.15) is 11.5 Å². The maximum Gasteiger partial charge on any atom is 0.277 e. The lowest BCUT2D eigenvalue weighted by Gasteiger charge is -2.21. The van der Waals surface area contributed by atoms with Gasteiger partial charge in [0, 0.05) is 25.0 Å². The van der Waals surface area contributed by atoms with Crippen molar-refractivity contribution in [3.63, 3.8) is 0 Å². The molecule has 0 fully saturated rings. The number of carbonyl (C=O) groups excluding carboxylic acids is 2. The lowest BCUT2D eigenvalue weighted by atomic mass is 10.1. The molecule has 6 heteroatoms. The molecule has 0 saturated heterocycles. The average Bonchev–Trinajstić information content (AvgIpc) is 3.35. The quantitative estimate of drug-likeness (QED) is 0.534. The van der Waals surface area contributed by atoms with Crippen LogP contribution in [-0.4, -0.2) is 35.2 Å². The first kappa shape index (κ1) is 20.0. The largest absolute Gasteiger partial charge is 0.365 e. The van der Waals surface area contributed by atoms with E-state index in [1.807, 2.05) is 59.8 Å². The number of rotatable bonds is 7. The molecule has 152 valence electrons. The smallest absolute Gasteiger partial charge is 0.277 e. The predicted octanol–water partition coefficient (Wildman–Crippen LogP) is 4.34. The van der Waals surface area contributed by atoms with Crippen LogP contribution in [0.5, 0.6) is 0 Å². The number of hydrogen-bond donors (Lipinski definition) is 0. The van der Waals surface area contributed by atoms with Crippen molar-refractivity contribution in [2.75, 3.05) is 13.6 Å². The van der Waals surface area contributed by atoms with Crippen LogP contribution in [0.3, 0.4) is 0 Å². The Labute approximate surface area is 178 Å². The number of benzene rings is 2. The monoisotopic (exact) mass is 420 g/mol. The van der Waals surface area contributed by atoms with Crippen molar-refractivity contribution in [2.24, 2.45) is 0 Å². The summed E-state index contributed by atoms with van der Waals surface area (Å²) in [5.74, 6) is -0.873. The number of amides is 2. The minimum atomic E-state index is -0.307. The van der Waals surface area contributed by atoms with Gasteiger partial charge in [-0.15, -0.1) is 11.3 Å². The van der Waals surface area contributed by atoms with E-state index >= 15 is 0 Å². The van der Waals surface area contributed by atoms with Crippen LogP contribution in [0.1, 0.15) is 16.0 Å². The number of nitrogens with zero attached hydrogens (tertiary/aromatic N) is 2. The molecule has 1 aromatic heterocycles. The van der Waals surface area contributed by atoms with Crippen LogP contribution in [0.15, 0.2) is 77.8 Å². The van der Waals surface area contributed by atoms with E-state index in [4.69, 9.17) is 0 Å². The molecule has 0 radical (unpaired) electrons. The molecule has 2 amide bonds. The summed E-state index contributed by atoms with van der Waals surface area (Å²) in [5, 5.41) is 1.90. The number of likely N-dealkylation sites (N-methyl/N-ethyl adjacent to an activating group) is 1. The van der Waals surface area contributed by atoms with E-state index in [1.54, 1.807) is 12.1 Å². The molecule has 0 bridgehead atoms. The summed E-state index contributed by atoms with van der Waals surface area (Å²) in [6, 6.07) is 19.7. The van der Waals surface area contributed by atoms with E-state index in [2.05, 4.69) is 0 Å². The Morgan fingerprint density at radius 2 is 1.63 bits per heavy atom. The zero-order chi connectivity index (χ0) is 21.1. The second-order valence-corrected chi connectivity index (χ2v) is 8.13. The van der Waals surface area contributed by atoms with E-state index < -0.39 is 0 Å². The summed E-state index contributed by atoms with van der Waals surface area (Å²) in [6.07, 6.45) is 0.477. The molecule has 3 aromatic rings. The van der Waals surface area contributed by atoms with Gasteiger partial charge >= 0.3 is 0 Å². The van der Waals surface area contributed by atoms with Gasteiger partial charge in [0.2, 0.25) is 0 Å². The summed E-state index contributed by atoms with van der Waals surface area (Å²) in [4.78, 5) is 30.4. The van der Waals surface area contributed by atoms with Crippen LogP contribution in [-0.2, 0) is 22.6 Å². The van der Waals surface area contributed by atoms with Crippen LogP contribution in [0.25, 0.3) is 5.57 Å². The zero-order valence-corrected chi connectivity index (χ0v) is 17.4. The Kier molecular flexibility index (Phi) is 5.77. The van der Waals surface area contributed by atoms with Crippen molar-refractivity contribution < 1.29 is 14.0 Å². The lowest BCUT2D eigenvalue weighted by Crippen LogP contribution is -2.35. The molecule has 4 nitrogen and oxygen atoms in total. The first-order valence-corrected chi connectivity index (χ1v) is 10.6. The summed E-state index contributed by atoms with van der Waals surface area (Å²) < 4.78 is 13.1. The van der Waals surface area contributed by atoms with Gasteiger partial charge in [-0.1, -0.05) is 48.5 Å². The summed E-state index contributed by atoms with van der Waals surface area (Å²) >= 11 is 1.45. The Hall–Kier alpha value is -3.25. The topological polar surface area (TPSA) is 40.6 Å². The van der Waals surface area contributed by atoms with Gasteiger partial charge in [-0.2, -0.15) is 0 Å². The molecule has 0 unspecified atom stereocenters. The molecule has 1 aliphatic heterocycles. The van der Waals surface area contributed by atoms with Crippen molar-refractivity contribution in [1.29, 1.82) is 0 Å². The van der Waals surface area contributed by atoms with Crippen molar-refractivity contribution in [1.82, 2.24) is 9.80 Å². The summed E-state index contributed by atoms with van der Waals surface area (Å²) in [5.41, 5.74) is 2.81. The third-order valence-electron chi connectivity index (χ3n) is 5.09. The molecule has 30 heavy (non-hydrogen) atoms. The Morgan fingerprint density at radius 3 is 2.30 bits per heavy atom. The second-order valence-electron chi connectivity index (χ2n) is 7.18. The van der Waals surface area contributed by atoms with Gasteiger partial charge in [-0.05, 0) is 41.1 Å². The average molecular weight is 421 g/mol. The molecule has 4 rings (SSSR count). The molecule has 0 spiro atoms. The fourth-order valence-electron chi connectivity index (χ4n) is 3.59. The molecule has 1 aliphatic rings. The van der Waals surface area contributed by atoms with Gasteiger partial charge in [0.25, 0.3) is 11.8 Å². The highest BCUT2D eigenvalue weighted by atomic mass is 32.1. The highest BCUT2D eigenvalue weighted by molar-refractivity contribution is 7.11. The third kappa shape index (κ3) is 4.04. The molecule has 0 saturated carbocycles. The standard InChI is InChI=1S/C24H21FN2O2S/c1-26(16-18-6-3-2-4-7-18)22-21(20-8-5-15-30-20)23(28)27(24(22)29)14-13-17-9-11-19(25)12-10-17/h2-12,15H,13-14,16H2,1H3. The molecule has 2 heterocycles. The van der Waals surface area contributed by atoms with Crippen molar-refractivity contribution in [3.05, 3.63) is 99.6 Å². The highest BCUT2D eigenvalue weighted by Crippen LogP contribution is 2.34. The lowest BCUT2D eigenvalue weighted by molar-refractivity contribution is -0.137. The molecule has 0 aliphatic carbocycles. The molecule has 0 atom stereocenters. The van der Waals surface area contributed by atoms with Crippen LogP contribution in [0.4, 0.5) is 4.39 Å². The second kappa shape index (κ2) is 8.63. The summed E-state index contributed by atoms with van der Waals surface area (Å²) in [7, 11) is 1.84. The molecular formula is C24H21FN2O2S. The maximum atomic E-state index is 13.3. The Bertz CT molecular complexity index is 1080. The molecule has 0 N–H and O–H groups in total. The number of imide groups is 1. The first-order chi connectivity index (χ1) is 14.5. The number of hydrogen-bond acceptors (Lipinski definition) is 4. The van der Waals surface area contributed by atoms with Crippen LogP contribution < -0.4 is 0 Å². The minimum absolute atomic E-state index is 0.251. The highest BCUT2D eigenvalue weighted by Gasteiger charge is 2.40. The number of thiophene rings is 1. The van der Waals surface area contributed by atoms with Gasteiger partial charge in [-0.25, -0.2) is 4.39 Å². The number of carbonyl (C=O) groups is 2. The van der Waals surface area contributed by atoms with E-state index in [9.17, 15) is 14.0 Å². The van der Waals surface area contributed by atoms with Gasteiger partial charge in [0.15, 0.2) is 0 Å². The fraction of sp³-hybridized carbons (Fsp3) is 0.167. The van der Waals surface area contributed by atoms with Crippen LogP contribution in [0, 0.1) is 5.82 Å². The van der Waals surface area contributed by atoms with E-state index in [-0.39, 0.29) is 24.2 Å². The van der Waals surface area contributed by atoms with Gasteiger partial charge in [-0.3, -0.25) is 14.5 Å². The Morgan fingerprint density at radius 1 is 0.900 bits per heavy atom. The van der Waals surface area contributed by atoms with E-state index in [0.717, 1.165) is 16.0 Å². The first-order valence-electron chi connectivity index (χ1n) is 9.68. The Balaban J connectivity index is 1.60. The molecular weight excluding hydrogens is 399 g/mol. The van der Waals surface area contributed by atoms with Gasteiger partial charge in [0.05, 0.1) is 5.57 Å². The third-order valence-corrected chi connectivity index (χ3v) is 5.98. The number of halogens is 1. The van der Waals surface area contributed by atoms with E-state index in [1.165, 1.54) is 28.4 Å². The predicted molar refractivity (Wildman–Crippen MR) is 116 cm³/mol. The normalized spacial score (nSPS) is 14.0.